The maximum atomic E-state index is 12.2. The van der Waals surface area contributed by atoms with Gasteiger partial charge in [0.1, 0.15) is 42.4 Å². The first kappa shape index (κ1) is 40.5. The summed E-state index contributed by atoms with van der Waals surface area (Å²) in [5, 5.41) is 7.82. The molecule has 0 unspecified atom stereocenters. The van der Waals surface area contributed by atoms with E-state index in [1.807, 2.05) is 0 Å². The summed E-state index contributed by atoms with van der Waals surface area (Å²) < 4.78 is 33.7. The average molecular weight is 666 g/mol. The maximum absolute atomic E-state index is 12.2. The van der Waals surface area contributed by atoms with Gasteiger partial charge < -0.3 is 44.4 Å². The lowest BCUT2D eigenvalue weighted by molar-refractivity contribution is -0.123. The second-order valence-corrected chi connectivity index (χ2v) is 13.4. The Hall–Kier alpha value is -4.49. The Morgan fingerprint density at radius 1 is 0.617 bits per heavy atom. The van der Waals surface area contributed by atoms with Gasteiger partial charge in [-0.05, 0) is 93.0 Å². The van der Waals surface area contributed by atoms with E-state index in [1.54, 1.807) is 74.4 Å². The molecule has 264 valence electrons. The quantitative estimate of drug-likeness (QED) is 0.0941. The standard InChI is InChI=1S/C33H51N3O11/c1-22(37)19-24(38)12-11-23-20-25(42-16-13-34-28(39)45-31(2,3)4)27(44-18-15-36-30(41)47-33(8,9)10)26(21-23)43-17-14-35-29(40)46-32(5,6)7/h11-12,20-21H,13-19H2,1-10H3,(H,34,39)(H,35,40)(H,36,41)/b12-11+. The Morgan fingerprint density at radius 2 is 0.979 bits per heavy atom. The van der Waals surface area contributed by atoms with Crippen LogP contribution in [0.2, 0.25) is 0 Å². The van der Waals surface area contributed by atoms with E-state index in [2.05, 4.69) is 16.0 Å². The van der Waals surface area contributed by atoms with Crippen LogP contribution in [0.3, 0.4) is 0 Å². The number of amides is 3. The van der Waals surface area contributed by atoms with Gasteiger partial charge in [0.15, 0.2) is 17.3 Å². The number of rotatable bonds is 16. The number of carbonyl (C=O) groups excluding carboxylic acids is 5. The van der Waals surface area contributed by atoms with E-state index in [4.69, 9.17) is 28.4 Å². The van der Waals surface area contributed by atoms with Crippen molar-refractivity contribution in [3.05, 3.63) is 23.8 Å². The molecule has 3 N–H and O–H groups in total. The molecule has 0 spiro atoms. The molecule has 0 atom stereocenters. The molecule has 47 heavy (non-hydrogen) atoms. The number of allylic oxidation sites excluding steroid dienone is 1. The zero-order valence-corrected chi connectivity index (χ0v) is 29.2. The van der Waals surface area contributed by atoms with E-state index in [-0.39, 0.29) is 74.7 Å². The van der Waals surface area contributed by atoms with Gasteiger partial charge in [0.25, 0.3) is 0 Å². The predicted molar refractivity (Wildman–Crippen MR) is 175 cm³/mol. The highest BCUT2D eigenvalue weighted by molar-refractivity contribution is 6.05. The molecule has 0 aromatic heterocycles. The van der Waals surface area contributed by atoms with Crippen LogP contribution in [0, 0.1) is 0 Å². The van der Waals surface area contributed by atoms with E-state index in [9.17, 15) is 24.0 Å². The second kappa shape index (κ2) is 18.6. The largest absolute Gasteiger partial charge is 0.488 e. The summed E-state index contributed by atoms with van der Waals surface area (Å²) in [6.07, 6.45) is 0.662. The van der Waals surface area contributed by atoms with Crippen LogP contribution in [0.25, 0.3) is 6.08 Å². The minimum atomic E-state index is -0.678. The number of alkyl carbamates (subject to hydrolysis) is 3. The highest BCUT2D eigenvalue weighted by Gasteiger charge is 2.20. The summed E-state index contributed by atoms with van der Waals surface area (Å²) in [5.74, 6) is -0.0997. The molecule has 0 bridgehead atoms. The number of hydrogen-bond acceptors (Lipinski definition) is 11. The van der Waals surface area contributed by atoms with Crippen molar-refractivity contribution in [3.8, 4) is 17.2 Å². The van der Waals surface area contributed by atoms with Gasteiger partial charge in [-0.1, -0.05) is 6.08 Å². The van der Waals surface area contributed by atoms with E-state index in [0.29, 0.717) is 5.56 Å². The van der Waals surface area contributed by atoms with Gasteiger partial charge in [-0.15, -0.1) is 0 Å². The molecule has 14 nitrogen and oxygen atoms in total. The molecule has 0 radical (unpaired) electrons. The van der Waals surface area contributed by atoms with Gasteiger partial charge in [0.2, 0.25) is 5.75 Å². The lowest BCUT2D eigenvalue weighted by atomic mass is 10.1. The molecule has 14 heteroatoms. The SMILES string of the molecule is CC(=O)CC(=O)/C=C/c1cc(OCCNC(=O)OC(C)(C)C)c(OCCNC(=O)OC(C)(C)C)c(OCCNC(=O)OC(C)(C)C)c1. The van der Waals surface area contributed by atoms with E-state index in [1.165, 1.54) is 19.1 Å². The average Bonchev–Trinajstić information content (AvgIpc) is 2.87. The fourth-order valence-electron chi connectivity index (χ4n) is 3.42. The van der Waals surface area contributed by atoms with Crippen molar-refractivity contribution < 1.29 is 52.4 Å². The third kappa shape index (κ3) is 20.3. The Labute approximate surface area is 277 Å². The highest BCUT2D eigenvalue weighted by Crippen LogP contribution is 2.39. The normalized spacial score (nSPS) is 11.7. The first-order valence-corrected chi connectivity index (χ1v) is 15.3. The van der Waals surface area contributed by atoms with Crippen LogP contribution in [0.1, 0.15) is 81.2 Å². The van der Waals surface area contributed by atoms with Gasteiger partial charge in [-0.3, -0.25) is 9.59 Å². The Balaban J connectivity index is 3.25. The number of carbonyl (C=O) groups is 5. The van der Waals surface area contributed by atoms with Crippen LogP contribution in [0.5, 0.6) is 17.2 Å². The zero-order chi connectivity index (χ0) is 35.8. The van der Waals surface area contributed by atoms with Crippen LogP contribution < -0.4 is 30.2 Å². The molecule has 0 saturated carbocycles. The Kier molecular flexibility index (Phi) is 16.0. The van der Waals surface area contributed by atoms with Crippen LogP contribution in [-0.4, -0.2) is 86.1 Å². The number of ether oxygens (including phenoxy) is 6. The predicted octanol–water partition coefficient (Wildman–Crippen LogP) is 4.96. The number of nitrogens with one attached hydrogen (secondary N) is 3. The van der Waals surface area contributed by atoms with Crippen molar-refractivity contribution in [3.63, 3.8) is 0 Å². The van der Waals surface area contributed by atoms with Gasteiger partial charge in [0.05, 0.1) is 26.1 Å². The van der Waals surface area contributed by atoms with Crippen molar-refractivity contribution in [2.45, 2.75) is 92.5 Å². The minimum Gasteiger partial charge on any atom is -0.488 e. The van der Waals surface area contributed by atoms with Crippen LogP contribution >= 0.6 is 0 Å². The first-order valence-electron chi connectivity index (χ1n) is 15.3. The zero-order valence-electron chi connectivity index (χ0n) is 29.2. The molecule has 0 fully saturated rings. The maximum Gasteiger partial charge on any atom is 0.407 e. The molecule has 1 rings (SSSR count). The van der Waals surface area contributed by atoms with Crippen molar-refractivity contribution >= 4 is 35.9 Å². The summed E-state index contributed by atoms with van der Waals surface area (Å²) in [4.78, 5) is 59.8. The number of benzene rings is 1. The van der Waals surface area contributed by atoms with E-state index < -0.39 is 35.1 Å². The van der Waals surface area contributed by atoms with Crippen LogP contribution in [0.4, 0.5) is 14.4 Å². The molecule has 1 aromatic carbocycles. The van der Waals surface area contributed by atoms with Crippen molar-refractivity contribution in [1.82, 2.24) is 16.0 Å². The lowest BCUT2D eigenvalue weighted by Gasteiger charge is -2.21. The summed E-state index contributed by atoms with van der Waals surface area (Å²) in [7, 11) is 0. The topological polar surface area (TPSA) is 177 Å². The fourth-order valence-corrected chi connectivity index (χ4v) is 3.42. The number of Topliss-reactive ketones (excluding diaryl/α,β-unsaturated/α-hetero) is 1. The summed E-state index contributed by atoms with van der Waals surface area (Å²) in [5.41, 5.74) is -1.55. The summed E-state index contributed by atoms with van der Waals surface area (Å²) >= 11 is 0. The lowest BCUT2D eigenvalue weighted by Crippen LogP contribution is -2.35. The van der Waals surface area contributed by atoms with Crippen molar-refractivity contribution in [2.24, 2.45) is 0 Å². The Morgan fingerprint density at radius 3 is 1.32 bits per heavy atom. The third-order valence-corrected chi connectivity index (χ3v) is 5.00. The van der Waals surface area contributed by atoms with Gasteiger partial charge in [0, 0.05) is 0 Å². The second-order valence-electron chi connectivity index (χ2n) is 13.4. The molecule has 0 saturated heterocycles. The summed E-state index contributed by atoms with van der Waals surface area (Å²) in [6.45, 7) is 17.3. The van der Waals surface area contributed by atoms with Crippen LogP contribution in [-0.2, 0) is 23.8 Å². The number of hydrogen-bond donors (Lipinski definition) is 3. The summed E-state index contributed by atoms with van der Waals surface area (Å²) in [6, 6.07) is 3.18. The molecule has 0 aliphatic heterocycles. The van der Waals surface area contributed by atoms with Gasteiger partial charge in [-0.2, -0.15) is 0 Å². The molecule has 0 heterocycles. The number of ketones is 2. The molecule has 3 amide bonds. The molecular weight excluding hydrogens is 614 g/mol. The third-order valence-electron chi connectivity index (χ3n) is 5.00. The molecule has 0 aliphatic carbocycles. The van der Waals surface area contributed by atoms with Crippen LogP contribution in [0.15, 0.2) is 18.2 Å². The van der Waals surface area contributed by atoms with Gasteiger partial charge in [-0.25, -0.2) is 14.4 Å². The fraction of sp³-hybridized carbons (Fsp3) is 0.606. The van der Waals surface area contributed by atoms with Gasteiger partial charge >= 0.3 is 18.3 Å². The first-order chi connectivity index (χ1) is 21.6. The monoisotopic (exact) mass is 665 g/mol. The van der Waals surface area contributed by atoms with E-state index >= 15 is 0 Å². The molecule has 0 aliphatic rings. The smallest absolute Gasteiger partial charge is 0.407 e. The molecule has 1 aromatic rings. The van der Waals surface area contributed by atoms with Crippen molar-refractivity contribution in [2.75, 3.05) is 39.5 Å². The molecular formula is C33H51N3O11. The minimum absolute atomic E-state index is 0.00182. The van der Waals surface area contributed by atoms with E-state index in [0.717, 1.165) is 0 Å². The van der Waals surface area contributed by atoms with Crippen molar-refractivity contribution in [1.29, 1.82) is 0 Å². The Bertz CT molecular complexity index is 1200. The highest BCUT2D eigenvalue weighted by atomic mass is 16.6.